The molecule has 0 atom stereocenters. The van der Waals surface area contributed by atoms with Gasteiger partial charge in [-0.25, -0.2) is 13.4 Å². The molecule has 0 unspecified atom stereocenters. The Morgan fingerprint density at radius 2 is 1.74 bits per heavy atom. The number of nitrogens with zero attached hydrogens (tertiary/aromatic N) is 1. The first-order valence-electron chi connectivity index (χ1n) is 6.66. The number of rotatable bonds is 4. The second-order valence-corrected chi connectivity index (χ2v) is 7.73. The molecule has 0 spiro atoms. The molecule has 0 N–H and O–H groups in total. The van der Waals surface area contributed by atoms with Crippen LogP contribution in [0, 0.1) is 0 Å². The number of fused-ring (bicyclic) bond motifs is 1. The second-order valence-electron chi connectivity index (χ2n) is 4.80. The SMILES string of the molecule is O=S(=O)(Cl)c1ccc(OCc2ccccc2)c2nc(Cl)ccc12. The van der Waals surface area contributed by atoms with Crippen molar-refractivity contribution in [2.24, 2.45) is 0 Å². The van der Waals surface area contributed by atoms with E-state index in [1.165, 1.54) is 18.2 Å². The first kappa shape index (κ1) is 16.1. The van der Waals surface area contributed by atoms with Gasteiger partial charge in [0.1, 0.15) is 23.0 Å². The lowest BCUT2D eigenvalue weighted by atomic mass is 10.2. The van der Waals surface area contributed by atoms with Crippen LogP contribution in [0.4, 0.5) is 0 Å². The van der Waals surface area contributed by atoms with Crippen molar-refractivity contribution >= 4 is 42.2 Å². The Labute approximate surface area is 143 Å². The highest BCUT2D eigenvalue weighted by Gasteiger charge is 2.18. The van der Waals surface area contributed by atoms with Gasteiger partial charge < -0.3 is 4.74 Å². The van der Waals surface area contributed by atoms with Crippen LogP contribution in [0.3, 0.4) is 0 Å². The monoisotopic (exact) mass is 367 g/mol. The highest BCUT2D eigenvalue weighted by Crippen LogP contribution is 2.32. The Kier molecular flexibility index (Phi) is 4.43. The van der Waals surface area contributed by atoms with Crippen LogP contribution in [-0.2, 0) is 15.7 Å². The van der Waals surface area contributed by atoms with Gasteiger partial charge in [0, 0.05) is 16.1 Å². The molecule has 0 saturated heterocycles. The maximum absolute atomic E-state index is 11.7. The van der Waals surface area contributed by atoms with Gasteiger partial charge in [0.05, 0.1) is 4.90 Å². The van der Waals surface area contributed by atoms with Gasteiger partial charge in [0.15, 0.2) is 0 Å². The Hall–Kier alpha value is -1.82. The standard InChI is InChI=1S/C16H11Cl2NO3S/c17-15-9-6-12-14(23(18,20)21)8-7-13(16(12)19-15)22-10-11-4-2-1-3-5-11/h1-9H,10H2. The largest absolute Gasteiger partial charge is 0.487 e. The molecule has 0 amide bonds. The number of aromatic nitrogens is 1. The lowest BCUT2D eigenvalue weighted by Crippen LogP contribution is -1.99. The van der Waals surface area contributed by atoms with Crippen molar-refractivity contribution in [1.29, 1.82) is 0 Å². The summed E-state index contributed by atoms with van der Waals surface area (Å²) >= 11 is 5.93. The first-order chi connectivity index (χ1) is 10.9. The van der Waals surface area contributed by atoms with Crippen molar-refractivity contribution in [2.75, 3.05) is 0 Å². The van der Waals surface area contributed by atoms with Crippen LogP contribution in [0.15, 0.2) is 59.5 Å². The van der Waals surface area contributed by atoms with Crippen LogP contribution in [0.25, 0.3) is 10.9 Å². The van der Waals surface area contributed by atoms with Gasteiger partial charge in [-0.2, -0.15) is 0 Å². The summed E-state index contributed by atoms with van der Waals surface area (Å²) in [5.41, 5.74) is 1.34. The molecular weight excluding hydrogens is 357 g/mol. The lowest BCUT2D eigenvalue weighted by Gasteiger charge is -2.11. The van der Waals surface area contributed by atoms with Gasteiger partial charge in [-0.3, -0.25) is 0 Å². The normalized spacial score (nSPS) is 11.6. The molecule has 3 rings (SSSR count). The fourth-order valence-corrected chi connectivity index (χ4v) is 3.42. The molecule has 0 aliphatic rings. The number of ether oxygens (including phenoxy) is 1. The minimum Gasteiger partial charge on any atom is -0.487 e. The quantitative estimate of drug-likeness (QED) is 0.506. The molecule has 4 nitrogen and oxygen atoms in total. The molecular formula is C16H11Cl2NO3S. The van der Waals surface area contributed by atoms with Crippen molar-refractivity contribution in [1.82, 2.24) is 4.98 Å². The number of pyridine rings is 1. The minimum atomic E-state index is -3.89. The zero-order chi connectivity index (χ0) is 16.4. The van der Waals surface area contributed by atoms with Gasteiger partial charge in [-0.05, 0) is 29.8 Å². The highest BCUT2D eigenvalue weighted by atomic mass is 35.7. The maximum Gasteiger partial charge on any atom is 0.261 e. The zero-order valence-corrected chi connectivity index (χ0v) is 14.1. The first-order valence-corrected chi connectivity index (χ1v) is 9.34. The molecule has 118 valence electrons. The summed E-state index contributed by atoms with van der Waals surface area (Å²) in [5.74, 6) is 0.440. The van der Waals surface area contributed by atoms with E-state index in [0.717, 1.165) is 5.56 Å². The molecule has 2 aromatic carbocycles. The topological polar surface area (TPSA) is 56.3 Å². The number of halogens is 2. The maximum atomic E-state index is 11.7. The van der Waals surface area contributed by atoms with E-state index in [1.54, 1.807) is 6.07 Å². The summed E-state index contributed by atoms with van der Waals surface area (Å²) in [6, 6.07) is 15.6. The van der Waals surface area contributed by atoms with E-state index in [2.05, 4.69) is 4.98 Å². The third kappa shape index (κ3) is 3.58. The van der Waals surface area contributed by atoms with E-state index in [0.29, 0.717) is 23.3 Å². The molecule has 0 radical (unpaired) electrons. The molecule has 1 heterocycles. The third-order valence-electron chi connectivity index (χ3n) is 3.25. The van der Waals surface area contributed by atoms with Crippen molar-refractivity contribution in [3.05, 3.63) is 65.3 Å². The average molecular weight is 368 g/mol. The van der Waals surface area contributed by atoms with Gasteiger partial charge in [0.25, 0.3) is 9.05 Å². The van der Waals surface area contributed by atoms with Crippen LogP contribution in [0.5, 0.6) is 5.75 Å². The van der Waals surface area contributed by atoms with Gasteiger partial charge in [-0.1, -0.05) is 41.9 Å². The third-order valence-corrected chi connectivity index (χ3v) is 4.84. The summed E-state index contributed by atoms with van der Waals surface area (Å²) in [7, 11) is 1.58. The van der Waals surface area contributed by atoms with Crippen molar-refractivity contribution in [2.45, 2.75) is 11.5 Å². The highest BCUT2D eigenvalue weighted by molar-refractivity contribution is 8.14. The van der Waals surface area contributed by atoms with Crippen LogP contribution >= 0.6 is 22.3 Å². The van der Waals surface area contributed by atoms with E-state index < -0.39 is 9.05 Å². The Balaban J connectivity index is 2.06. The van der Waals surface area contributed by atoms with Crippen molar-refractivity contribution < 1.29 is 13.2 Å². The van der Waals surface area contributed by atoms with E-state index in [9.17, 15) is 8.42 Å². The molecule has 0 aliphatic carbocycles. The average Bonchev–Trinajstić information content (AvgIpc) is 2.52. The summed E-state index contributed by atoms with van der Waals surface area (Å²) in [6.45, 7) is 0.330. The van der Waals surface area contributed by atoms with Crippen LogP contribution in [-0.4, -0.2) is 13.4 Å². The minimum absolute atomic E-state index is 0.0228. The summed E-state index contributed by atoms with van der Waals surface area (Å²) in [6.07, 6.45) is 0. The van der Waals surface area contributed by atoms with Crippen molar-refractivity contribution in [3.8, 4) is 5.75 Å². The van der Waals surface area contributed by atoms with E-state index in [4.69, 9.17) is 27.0 Å². The number of benzene rings is 2. The molecule has 0 fully saturated rings. The smallest absolute Gasteiger partial charge is 0.261 e. The second kappa shape index (κ2) is 6.35. The number of hydrogen-bond acceptors (Lipinski definition) is 4. The summed E-state index contributed by atoms with van der Waals surface area (Å²) in [5, 5.41) is 0.612. The van der Waals surface area contributed by atoms with Crippen LogP contribution < -0.4 is 4.74 Å². The fraction of sp³-hybridized carbons (Fsp3) is 0.0625. The van der Waals surface area contributed by atoms with E-state index >= 15 is 0 Å². The van der Waals surface area contributed by atoms with Gasteiger partial charge in [0.2, 0.25) is 0 Å². The van der Waals surface area contributed by atoms with Gasteiger partial charge >= 0.3 is 0 Å². The Morgan fingerprint density at radius 3 is 2.43 bits per heavy atom. The fourth-order valence-electron chi connectivity index (χ4n) is 2.21. The molecule has 3 aromatic rings. The van der Waals surface area contributed by atoms with E-state index in [-0.39, 0.29) is 10.0 Å². The predicted octanol–water partition coefficient (Wildman–Crippen LogP) is 4.39. The molecule has 1 aromatic heterocycles. The summed E-state index contributed by atoms with van der Waals surface area (Å²) in [4.78, 5) is 4.16. The molecule has 23 heavy (non-hydrogen) atoms. The van der Waals surface area contributed by atoms with Crippen LogP contribution in [0.1, 0.15) is 5.56 Å². The van der Waals surface area contributed by atoms with E-state index in [1.807, 2.05) is 30.3 Å². The van der Waals surface area contributed by atoms with Crippen LogP contribution in [0.2, 0.25) is 5.15 Å². The Bertz CT molecular complexity index is 960. The summed E-state index contributed by atoms with van der Waals surface area (Å²) < 4.78 is 29.1. The Morgan fingerprint density at radius 1 is 1.00 bits per heavy atom. The number of hydrogen-bond donors (Lipinski definition) is 0. The molecule has 0 bridgehead atoms. The molecule has 0 saturated carbocycles. The lowest BCUT2D eigenvalue weighted by molar-refractivity contribution is 0.309. The predicted molar refractivity (Wildman–Crippen MR) is 90.6 cm³/mol. The molecule has 0 aliphatic heterocycles. The molecule has 7 heteroatoms. The van der Waals surface area contributed by atoms with Gasteiger partial charge in [-0.15, -0.1) is 0 Å². The zero-order valence-electron chi connectivity index (χ0n) is 11.7. The van der Waals surface area contributed by atoms with Crippen molar-refractivity contribution in [3.63, 3.8) is 0 Å².